The fraction of sp³-hybridized carbons (Fsp3) is 0.158. The smallest absolute Gasteiger partial charge is 0.341 e. The highest BCUT2D eigenvalue weighted by molar-refractivity contribution is 5.83. The number of carboxylic acids is 1. The van der Waals surface area contributed by atoms with Crippen molar-refractivity contribution in [2.24, 2.45) is 0 Å². The number of ether oxygens (including phenoxy) is 1. The first-order valence-electron chi connectivity index (χ1n) is 7.86. The molecule has 0 aliphatic carbocycles. The van der Waals surface area contributed by atoms with E-state index in [1.807, 2.05) is 47.2 Å². The Hall–Kier alpha value is -3.28. The minimum absolute atomic E-state index is 0.130. The molecule has 0 spiro atoms. The summed E-state index contributed by atoms with van der Waals surface area (Å²) in [7, 11) is 0. The summed E-state index contributed by atoms with van der Waals surface area (Å²) in [5, 5.41) is 12.6. The molecule has 0 aliphatic rings. The molecule has 3 aromatic rings. The summed E-state index contributed by atoms with van der Waals surface area (Å²) in [5.74, 6) is -0.718. The van der Waals surface area contributed by atoms with Crippen molar-refractivity contribution in [1.82, 2.24) is 9.88 Å². The number of nitrogens with one attached hydrogen (secondary N) is 1. The molecule has 0 saturated carbocycles. The standard InChI is InChI=1S/C19H18N2O4/c22-18(12-21-10-9-14-5-1-3-7-16(14)21)20-11-15-6-2-4-8-17(15)25-13-19(23)24/h1-10H,11-13H2,(H,20,22)(H,23,24). The van der Waals surface area contributed by atoms with E-state index in [1.54, 1.807) is 18.2 Å². The second kappa shape index (κ2) is 7.53. The van der Waals surface area contributed by atoms with Gasteiger partial charge in [-0.3, -0.25) is 4.79 Å². The molecule has 25 heavy (non-hydrogen) atoms. The van der Waals surface area contributed by atoms with Gasteiger partial charge in [-0.15, -0.1) is 0 Å². The van der Waals surface area contributed by atoms with Gasteiger partial charge in [-0.1, -0.05) is 36.4 Å². The van der Waals surface area contributed by atoms with E-state index in [0.29, 0.717) is 5.75 Å². The van der Waals surface area contributed by atoms with E-state index in [-0.39, 0.29) is 19.0 Å². The van der Waals surface area contributed by atoms with Gasteiger partial charge in [-0.25, -0.2) is 4.79 Å². The van der Waals surface area contributed by atoms with Crippen LogP contribution in [0.25, 0.3) is 10.9 Å². The third kappa shape index (κ3) is 4.17. The molecule has 1 aromatic heterocycles. The minimum Gasteiger partial charge on any atom is -0.482 e. The van der Waals surface area contributed by atoms with Crippen molar-refractivity contribution in [3.05, 3.63) is 66.4 Å². The Bertz CT molecular complexity index is 901. The number of carbonyl (C=O) groups excluding carboxylic acids is 1. The average molecular weight is 338 g/mol. The van der Waals surface area contributed by atoms with Crippen molar-refractivity contribution < 1.29 is 19.4 Å². The molecule has 0 radical (unpaired) electrons. The van der Waals surface area contributed by atoms with E-state index in [1.165, 1.54) is 0 Å². The topological polar surface area (TPSA) is 80.6 Å². The zero-order valence-electron chi connectivity index (χ0n) is 13.5. The molecule has 6 heteroatoms. The van der Waals surface area contributed by atoms with Crippen LogP contribution in [-0.2, 0) is 22.7 Å². The van der Waals surface area contributed by atoms with Gasteiger partial charge >= 0.3 is 5.97 Å². The number of hydrogen-bond acceptors (Lipinski definition) is 3. The summed E-state index contributed by atoms with van der Waals surface area (Å²) in [4.78, 5) is 22.9. The molecule has 0 saturated heterocycles. The van der Waals surface area contributed by atoms with Crippen molar-refractivity contribution in [1.29, 1.82) is 0 Å². The molecule has 2 N–H and O–H groups in total. The number of benzene rings is 2. The van der Waals surface area contributed by atoms with Crippen molar-refractivity contribution >= 4 is 22.8 Å². The lowest BCUT2D eigenvalue weighted by molar-refractivity contribution is -0.139. The lowest BCUT2D eigenvalue weighted by Gasteiger charge is -2.11. The highest BCUT2D eigenvalue weighted by atomic mass is 16.5. The van der Waals surface area contributed by atoms with Gasteiger partial charge in [0, 0.05) is 23.8 Å². The molecule has 0 aliphatic heterocycles. The van der Waals surface area contributed by atoms with Gasteiger partial charge in [-0.05, 0) is 23.6 Å². The monoisotopic (exact) mass is 338 g/mol. The van der Waals surface area contributed by atoms with E-state index in [4.69, 9.17) is 9.84 Å². The van der Waals surface area contributed by atoms with E-state index < -0.39 is 12.6 Å². The number of para-hydroxylation sites is 2. The van der Waals surface area contributed by atoms with Crippen LogP contribution < -0.4 is 10.1 Å². The number of nitrogens with zero attached hydrogens (tertiary/aromatic N) is 1. The second-order valence-electron chi connectivity index (χ2n) is 5.57. The molecule has 0 atom stereocenters. The summed E-state index contributed by atoms with van der Waals surface area (Å²) < 4.78 is 7.12. The van der Waals surface area contributed by atoms with Crippen molar-refractivity contribution in [3.8, 4) is 5.75 Å². The molecule has 3 rings (SSSR count). The molecule has 128 valence electrons. The Morgan fingerprint density at radius 1 is 1.04 bits per heavy atom. The number of carboxylic acid groups (broad SMARTS) is 1. The van der Waals surface area contributed by atoms with Crippen LogP contribution >= 0.6 is 0 Å². The normalized spacial score (nSPS) is 10.6. The zero-order valence-corrected chi connectivity index (χ0v) is 13.5. The predicted molar refractivity (Wildman–Crippen MR) is 93.4 cm³/mol. The van der Waals surface area contributed by atoms with E-state index >= 15 is 0 Å². The van der Waals surface area contributed by atoms with Crippen molar-refractivity contribution in [2.75, 3.05) is 6.61 Å². The molecular formula is C19H18N2O4. The molecule has 0 bridgehead atoms. The lowest BCUT2D eigenvalue weighted by Crippen LogP contribution is -2.27. The lowest BCUT2D eigenvalue weighted by atomic mass is 10.2. The van der Waals surface area contributed by atoms with Crippen LogP contribution in [0, 0.1) is 0 Å². The van der Waals surface area contributed by atoms with Crippen LogP contribution in [0.4, 0.5) is 0 Å². The SMILES string of the molecule is O=C(O)COc1ccccc1CNC(=O)Cn1ccc2ccccc21. The van der Waals surface area contributed by atoms with Gasteiger partial charge in [0.1, 0.15) is 12.3 Å². The molecule has 0 fully saturated rings. The van der Waals surface area contributed by atoms with Gasteiger partial charge in [0.15, 0.2) is 6.61 Å². The molecule has 1 amide bonds. The molecule has 2 aromatic carbocycles. The zero-order chi connectivity index (χ0) is 17.6. The molecule has 6 nitrogen and oxygen atoms in total. The first-order valence-corrected chi connectivity index (χ1v) is 7.86. The Morgan fingerprint density at radius 3 is 2.64 bits per heavy atom. The summed E-state index contributed by atoms with van der Waals surface area (Å²) in [6.45, 7) is 0.0693. The third-order valence-electron chi connectivity index (χ3n) is 3.79. The number of aromatic nitrogens is 1. The summed E-state index contributed by atoms with van der Waals surface area (Å²) >= 11 is 0. The maximum atomic E-state index is 12.2. The molecule has 1 heterocycles. The Morgan fingerprint density at radius 2 is 1.80 bits per heavy atom. The van der Waals surface area contributed by atoms with Gasteiger partial charge in [0.05, 0.1) is 0 Å². The quantitative estimate of drug-likeness (QED) is 0.693. The Labute approximate surface area is 144 Å². The maximum absolute atomic E-state index is 12.2. The van der Waals surface area contributed by atoms with Crippen LogP contribution in [0.15, 0.2) is 60.8 Å². The number of fused-ring (bicyclic) bond motifs is 1. The highest BCUT2D eigenvalue weighted by Crippen LogP contribution is 2.18. The van der Waals surface area contributed by atoms with Crippen LogP contribution in [0.1, 0.15) is 5.56 Å². The number of hydrogen-bond donors (Lipinski definition) is 2. The fourth-order valence-corrected chi connectivity index (χ4v) is 2.61. The Kier molecular flexibility index (Phi) is 4.99. The largest absolute Gasteiger partial charge is 0.482 e. The summed E-state index contributed by atoms with van der Waals surface area (Å²) in [6.07, 6.45) is 1.88. The molecule has 0 unspecified atom stereocenters. The predicted octanol–water partition coefficient (Wildman–Crippen LogP) is 2.42. The second-order valence-corrected chi connectivity index (χ2v) is 5.57. The van der Waals surface area contributed by atoms with Gasteiger partial charge in [0.2, 0.25) is 5.91 Å². The molecular weight excluding hydrogens is 320 g/mol. The highest BCUT2D eigenvalue weighted by Gasteiger charge is 2.09. The Balaban J connectivity index is 1.62. The van der Waals surface area contributed by atoms with Crippen LogP contribution in [-0.4, -0.2) is 28.2 Å². The number of rotatable bonds is 7. The number of amides is 1. The van der Waals surface area contributed by atoms with Crippen LogP contribution in [0.3, 0.4) is 0 Å². The van der Waals surface area contributed by atoms with Gasteiger partial charge < -0.3 is 19.7 Å². The third-order valence-corrected chi connectivity index (χ3v) is 3.79. The summed E-state index contributed by atoms with van der Waals surface area (Å²) in [6, 6.07) is 16.9. The van der Waals surface area contributed by atoms with E-state index in [0.717, 1.165) is 16.5 Å². The van der Waals surface area contributed by atoms with Gasteiger partial charge in [0.25, 0.3) is 0 Å². The van der Waals surface area contributed by atoms with Crippen LogP contribution in [0.2, 0.25) is 0 Å². The van der Waals surface area contributed by atoms with Crippen molar-refractivity contribution in [2.45, 2.75) is 13.1 Å². The minimum atomic E-state index is -1.04. The number of carbonyl (C=O) groups is 2. The first kappa shape index (κ1) is 16.6. The van der Waals surface area contributed by atoms with E-state index in [2.05, 4.69) is 5.32 Å². The van der Waals surface area contributed by atoms with E-state index in [9.17, 15) is 9.59 Å². The maximum Gasteiger partial charge on any atom is 0.341 e. The van der Waals surface area contributed by atoms with Crippen molar-refractivity contribution in [3.63, 3.8) is 0 Å². The first-order chi connectivity index (χ1) is 12.1. The fourth-order valence-electron chi connectivity index (χ4n) is 2.61. The van der Waals surface area contributed by atoms with Crippen LogP contribution in [0.5, 0.6) is 5.75 Å². The average Bonchev–Trinajstić information content (AvgIpc) is 3.02. The number of aliphatic carboxylic acids is 1. The summed E-state index contributed by atoms with van der Waals surface area (Å²) in [5.41, 5.74) is 1.73. The van der Waals surface area contributed by atoms with Gasteiger partial charge in [-0.2, -0.15) is 0 Å².